The standard InChI is InChI=1S/C55H106O6/c1-7-51(6)43-37-31-25-18-16-14-12-10-8-9-11-13-15-17-19-26-32-38-44-53(56)59-47-52(48-60-54(57)45-39-33-28-22-24-30-36-42-50(4)5)61-55(58)46-40-34-27-21-20-23-29-35-41-49(2)3/h49-52H,7-48H2,1-6H3/t51?,52-/m0/s1. The van der Waals surface area contributed by atoms with Gasteiger partial charge in [-0.05, 0) is 37.0 Å². The molecule has 0 aliphatic heterocycles. The Morgan fingerprint density at radius 3 is 0.852 bits per heavy atom. The fraction of sp³-hybridized carbons (Fsp3) is 0.945. The lowest BCUT2D eigenvalue weighted by Gasteiger charge is -2.18. The second kappa shape index (κ2) is 46.4. The molecular formula is C55H106O6. The molecule has 6 nitrogen and oxygen atoms in total. The first-order valence-corrected chi connectivity index (χ1v) is 27.1. The minimum Gasteiger partial charge on any atom is -0.462 e. The van der Waals surface area contributed by atoms with Crippen molar-refractivity contribution in [2.24, 2.45) is 17.8 Å². The first-order chi connectivity index (χ1) is 29.6. The van der Waals surface area contributed by atoms with Gasteiger partial charge in [-0.3, -0.25) is 14.4 Å². The van der Waals surface area contributed by atoms with Gasteiger partial charge in [0.2, 0.25) is 0 Å². The Morgan fingerprint density at radius 2 is 0.574 bits per heavy atom. The maximum Gasteiger partial charge on any atom is 0.306 e. The number of unbranched alkanes of at least 4 members (excludes halogenated alkanes) is 30. The van der Waals surface area contributed by atoms with Crippen LogP contribution in [0.15, 0.2) is 0 Å². The van der Waals surface area contributed by atoms with Crippen LogP contribution in [-0.4, -0.2) is 37.2 Å². The zero-order valence-corrected chi connectivity index (χ0v) is 42.0. The predicted molar refractivity (Wildman–Crippen MR) is 261 cm³/mol. The van der Waals surface area contributed by atoms with E-state index >= 15 is 0 Å². The van der Waals surface area contributed by atoms with Gasteiger partial charge in [-0.2, -0.15) is 0 Å². The molecule has 61 heavy (non-hydrogen) atoms. The van der Waals surface area contributed by atoms with Crippen LogP contribution in [0.25, 0.3) is 0 Å². The lowest BCUT2D eigenvalue weighted by molar-refractivity contribution is -0.167. The van der Waals surface area contributed by atoms with Gasteiger partial charge in [0.25, 0.3) is 0 Å². The van der Waals surface area contributed by atoms with E-state index in [9.17, 15) is 14.4 Å². The molecule has 0 rings (SSSR count). The molecule has 0 heterocycles. The topological polar surface area (TPSA) is 78.9 Å². The quantitative estimate of drug-likeness (QED) is 0.0344. The molecule has 0 bridgehead atoms. The third-order valence-electron chi connectivity index (χ3n) is 12.8. The summed E-state index contributed by atoms with van der Waals surface area (Å²) in [5.74, 6) is 1.63. The highest BCUT2D eigenvalue weighted by Gasteiger charge is 2.19. The Labute approximate surface area is 380 Å². The third kappa shape index (κ3) is 47.7. The first-order valence-electron chi connectivity index (χ1n) is 27.1. The Balaban J connectivity index is 4.17. The van der Waals surface area contributed by atoms with E-state index in [1.165, 1.54) is 180 Å². The highest BCUT2D eigenvalue weighted by Crippen LogP contribution is 2.18. The van der Waals surface area contributed by atoms with Crippen molar-refractivity contribution in [1.82, 2.24) is 0 Å². The van der Waals surface area contributed by atoms with Gasteiger partial charge in [0.05, 0.1) is 0 Å². The van der Waals surface area contributed by atoms with Gasteiger partial charge in [0, 0.05) is 19.3 Å². The van der Waals surface area contributed by atoms with Crippen LogP contribution < -0.4 is 0 Å². The van der Waals surface area contributed by atoms with Gasteiger partial charge in [-0.15, -0.1) is 0 Å². The maximum absolute atomic E-state index is 12.8. The van der Waals surface area contributed by atoms with E-state index in [1.807, 2.05) is 0 Å². The van der Waals surface area contributed by atoms with Gasteiger partial charge in [-0.25, -0.2) is 0 Å². The summed E-state index contributed by atoms with van der Waals surface area (Å²) in [6.07, 6.45) is 46.8. The molecular weight excluding hydrogens is 757 g/mol. The van der Waals surface area contributed by atoms with E-state index in [4.69, 9.17) is 14.2 Å². The number of rotatable bonds is 48. The average Bonchev–Trinajstić information content (AvgIpc) is 3.23. The average molecular weight is 863 g/mol. The smallest absolute Gasteiger partial charge is 0.306 e. The van der Waals surface area contributed by atoms with E-state index in [-0.39, 0.29) is 31.1 Å². The van der Waals surface area contributed by atoms with Gasteiger partial charge >= 0.3 is 17.9 Å². The number of carbonyl (C=O) groups excluding carboxylic acids is 3. The number of esters is 3. The second-order valence-electron chi connectivity index (χ2n) is 20.1. The Bertz CT molecular complexity index is 947. The van der Waals surface area contributed by atoms with Crippen molar-refractivity contribution in [1.29, 1.82) is 0 Å². The molecule has 0 aromatic heterocycles. The lowest BCUT2D eigenvalue weighted by atomic mass is 9.99. The summed E-state index contributed by atoms with van der Waals surface area (Å²) in [6.45, 7) is 13.7. The molecule has 1 unspecified atom stereocenters. The third-order valence-corrected chi connectivity index (χ3v) is 12.8. The number of hydrogen-bond donors (Lipinski definition) is 0. The summed E-state index contributed by atoms with van der Waals surface area (Å²) < 4.78 is 16.8. The Kier molecular flexibility index (Phi) is 45.2. The molecule has 0 fully saturated rings. The van der Waals surface area contributed by atoms with E-state index in [0.717, 1.165) is 75.5 Å². The van der Waals surface area contributed by atoms with Crippen LogP contribution in [0.2, 0.25) is 0 Å². The zero-order chi connectivity index (χ0) is 44.9. The minimum atomic E-state index is -0.763. The highest BCUT2D eigenvalue weighted by molar-refractivity contribution is 5.71. The van der Waals surface area contributed by atoms with Crippen molar-refractivity contribution < 1.29 is 28.6 Å². The monoisotopic (exact) mass is 863 g/mol. The zero-order valence-electron chi connectivity index (χ0n) is 42.0. The minimum absolute atomic E-state index is 0.0653. The van der Waals surface area contributed by atoms with Crippen molar-refractivity contribution in [2.45, 2.75) is 304 Å². The van der Waals surface area contributed by atoms with Crippen LogP contribution in [0.4, 0.5) is 0 Å². The molecule has 0 N–H and O–H groups in total. The maximum atomic E-state index is 12.8. The van der Waals surface area contributed by atoms with Gasteiger partial charge in [0.15, 0.2) is 6.10 Å². The van der Waals surface area contributed by atoms with E-state index in [0.29, 0.717) is 19.3 Å². The van der Waals surface area contributed by atoms with Gasteiger partial charge < -0.3 is 14.2 Å². The van der Waals surface area contributed by atoms with Crippen LogP contribution in [-0.2, 0) is 28.6 Å². The van der Waals surface area contributed by atoms with Gasteiger partial charge in [-0.1, -0.05) is 260 Å². The summed E-state index contributed by atoms with van der Waals surface area (Å²) in [6, 6.07) is 0. The van der Waals surface area contributed by atoms with Crippen molar-refractivity contribution in [2.75, 3.05) is 13.2 Å². The molecule has 0 saturated heterocycles. The Hall–Kier alpha value is -1.59. The molecule has 0 aliphatic carbocycles. The molecule has 0 amide bonds. The second-order valence-corrected chi connectivity index (χ2v) is 20.1. The van der Waals surface area contributed by atoms with Crippen LogP contribution in [0.5, 0.6) is 0 Å². The van der Waals surface area contributed by atoms with Crippen LogP contribution >= 0.6 is 0 Å². The molecule has 6 heteroatoms. The van der Waals surface area contributed by atoms with E-state index in [2.05, 4.69) is 41.5 Å². The summed E-state index contributed by atoms with van der Waals surface area (Å²) in [7, 11) is 0. The van der Waals surface area contributed by atoms with Crippen LogP contribution in [0, 0.1) is 17.8 Å². The van der Waals surface area contributed by atoms with Crippen molar-refractivity contribution in [3.8, 4) is 0 Å². The van der Waals surface area contributed by atoms with Gasteiger partial charge in [0.1, 0.15) is 13.2 Å². The fourth-order valence-electron chi connectivity index (χ4n) is 8.26. The molecule has 362 valence electrons. The summed E-state index contributed by atoms with van der Waals surface area (Å²) in [5.41, 5.74) is 0. The van der Waals surface area contributed by atoms with Crippen LogP contribution in [0.3, 0.4) is 0 Å². The largest absolute Gasteiger partial charge is 0.462 e. The molecule has 0 aliphatic rings. The van der Waals surface area contributed by atoms with Crippen LogP contribution in [0.1, 0.15) is 298 Å². The first kappa shape index (κ1) is 59.4. The molecule has 0 saturated carbocycles. The van der Waals surface area contributed by atoms with Crippen molar-refractivity contribution >= 4 is 17.9 Å². The highest BCUT2D eigenvalue weighted by atomic mass is 16.6. The Morgan fingerprint density at radius 1 is 0.328 bits per heavy atom. The number of carbonyl (C=O) groups is 3. The number of hydrogen-bond acceptors (Lipinski definition) is 6. The van der Waals surface area contributed by atoms with Crippen molar-refractivity contribution in [3.63, 3.8) is 0 Å². The molecule has 0 spiro atoms. The lowest BCUT2D eigenvalue weighted by Crippen LogP contribution is -2.30. The van der Waals surface area contributed by atoms with E-state index < -0.39 is 6.10 Å². The summed E-state index contributed by atoms with van der Waals surface area (Å²) in [5, 5.41) is 0. The molecule has 0 radical (unpaired) electrons. The summed E-state index contributed by atoms with van der Waals surface area (Å²) >= 11 is 0. The number of ether oxygens (including phenoxy) is 3. The predicted octanol–water partition coefficient (Wildman–Crippen LogP) is 17.6. The molecule has 0 aromatic rings. The normalized spacial score (nSPS) is 12.6. The molecule has 0 aromatic carbocycles. The van der Waals surface area contributed by atoms with Crippen molar-refractivity contribution in [3.05, 3.63) is 0 Å². The fourth-order valence-corrected chi connectivity index (χ4v) is 8.26. The molecule has 2 atom stereocenters. The SMILES string of the molecule is CCC(C)CCCCCCCCCCCCCCCCCCCCC(=O)OC[C@@H](COC(=O)CCCCCCCCCC(C)C)OC(=O)CCCCCCCCCCC(C)C. The summed E-state index contributed by atoms with van der Waals surface area (Å²) in [4.78, 5) is 37.9. The van der Waals surface area contributed by atoms with E-state index in [1.54, 1.807) is 0 Å².